The molecule has 1 unspecified atom stereocenters. The van der Waals surface area contributed by atoms with E-state index in [4.69, 9.17) is 5.11 Å². The summed E-state index contributed by atoms with van der Waals surface area (Å²) in [6.07, 6.45) is -5.11. The lowest BCUT2D eigenvalue weighted by Gasteiger charge is -2.18. The lowest BCUT2D eigenvalue weighted by atomic mass is 10.1. The molecule has 0 rings (SSSR count). The molecule has 0 saturated carbocycles. The third-order valence-electron chi connectivity index (χ3n) is 2.18. The zero-order valence-electron chi connectivity index (χ0n) is 9.22. The monoisotopic (exact) mass is 242 g/mol. The van der Waals surface area contributed by atoms with Crippen molar-refractivity contribution in [2.75, 3.05) is 0 Å². The van der Waals surface area contributed by atoms with Gasteiger partial charge in [0.05, 0.1) is 0 Å². The van der Waals surface area contributed by atoms with Crippen LogP contribution >= 0.6 is 0 Å². The highest BCUT2D eigenvalue weighted by atomic mass is 19.4. The maximum absolute atomic E-state index is 12.3. The molecule has 0 radical (unpaired) electrons. The summed E-state index contributed by atoms with van der Waals surface area (Å²) in [5.74, 6) is 0. The lowest BCUT2D eigenvalue weighted by Crippen LogP contribution is -2.33. The maximum atomic E-state index is 12.3. The second-order valence-electron chi connectivity index (χ2n) is 3.62. The summed E-state index contributed by atoms with van der Waals surface area (Å²) in [6, 6.07) is 0. The van der Waals surface area contributed by atoms with Crippen molar-refractivity contribution < 1.29 is 27.8 Å². The first-order chi connectivity index (χ1) is 7.38. The molecule has 0 aliphatic carbocycles. The summed E-state index contributed by atoms with van der Waals surface area (Å²) in [5, 5.41) is 8.17. The summed E-state index contributed by atoms with van der Waals surface area (Å²) < 4.78 is 40.6. The molecule has 6 heteroatoms. The van der Waals surface area contributed by atoms with Gasteiger partial charge in [-0.2, -0.15) is 13.2 Å². The average molecular weight is 242 g/mol. The smallest absolute Gasteiger partial charge is 0.450 e. The van der Waals surface area contributed by atoms with E-state index < -0.39 is 18.4 Å². The summed E-state index contributed by atoms with van der Waals surface area (Å²) >= 11 is 0. The van der Waals surface area contributed by atoms with Crippen molar-refractivity contribution in [2.45, 2.75) is 57.7 Å². The largest absolute Gasteiger partial charge is 0.506 e. The van der Waals surface area contributed by atoms with Gasteiger partial charge in [0.1, 0.15) is 0 Å². The highest BCUT2D eigenvalue weighted by Gasteiger charge is 2.42. The van der Waals surface area contributed by atoms with Crippen molar-refractivity contribution >= 4 is 6.16 Å². The van der Waals surface area contributed by atoms with Gasteiger partial charge < -0.3 is 9.84 Å². The normalized spacial score (nSPS) is 13.5. The van der Waals surface area contributed by atoms with E-state index in [1.54, 1.807) is 0 Å². The molecule has 0 saturated heterocycles. The zero-order chi connectivity index (χ0) is 12.6. The number of halogens is 3. The van der Waals surface area contributed by atoms with Crippen LogP contribution in [-0.2, 0) is 4.74 Å². The minimum Gasteiger partial charge on any atom is -0.450 e. The Bertz CT molecular complexity index is 204. The molecule has 1 atom stereocenters. The predicted octanol–water partition coefficient (Wildman–Crippen LogP) is 3.97. The molecule has 0 fully saturated rings. The molecule has 0 aromatic carbocycles. The maximum Gasteiger partial charge on any atom is 0.506 e. The molecule has 0 aliphatic heterocycles. The number of hydrogen-bond donors (Lipinski definition) is 1. The van der Waals surface area contributed by atoms with Crippen molar-refractivity contribution in [1.29, 1.82) is 0 Å². The lowest BCUT2D eigenvalue weighted by molar-refractivity contribution is -0.209. The van der Waals surface area contributed by atoms with Gasteiger partial charge in [-0.05, 0) is 12.8 Å². The minimum atomic E-state index is -4.61. The molecule has 0 heterocycles. The van der Waals surface area contributed by atoms with Crippen LogP contribution in [0.25, 0.3) is 0 Å². The van der Waals surface area contributed by atoms with Crippen LogP contribution in [0.2, 0.25) is 0 Å². The summed E-state index contributed by atoms with van der Waals surface area (Å²) in [7, 11) is 0. The van der Waals surface area contributed by atoms with Gasteiger partial charge in [0.25, 0.3) is 0 Å². The molecule has 3 nitrogen and oxygen atoms in total. The van der Waals surface area contributed by atoms with Crippen LogP contribution in [0.1, 0.15) is 45.4 Å². The minimum absolute atomic E-state index is 0.292. The Hall–Kier alpha value is -0.940. The van der Waals surface area contributed by atoms with Gasteiger partial charge in [0.2, 0.25) is 6.10 Å². The van der Waals surface area contributed by atoms with Crippen molar-refractivity contribution in [3.63, 3.8) is 0 Å². The van der Waals surface area contributed by atoms with Crippen LogP contribution in [0.4, 0.5) is 18.0 Å². The Morgan fingerprint density at radius 3 is 2.25 bits per heavy atom. The van der Waals surface area contributed by atoms with Gasteiger partial charge >= 0.3 is 12.3 Å². The van der Waals surface area contributed by atoms with Gasteiger partial charge in [0, 0.05) is 0 Å². The van der Waals surface area contributed by atoms with Gasteiger partial charge in [0.15, 0.2) is 0 Å². The number of unbranched alkanes of at least 4 members (excludes halogenated alkanes) is 4. The molecule has 16 heavy (non-hydrogen) atoms. The van der Waals surface area contributed by atoms with Gasteiger partial charge in [-0.3, -0.25) is 0 Å². The molecule has 0 amide bonds. The van der Waals surface area contributed by atoms with E-state index in [-0.39, 0.29) is 6.42 Å². The zero-order valence-corrected chi connectivity index (χ0v) is 9.22. The fraction of sp³-hybridized carbons (Fsp3) is 0.900. The van der Waals surface area contributed by atoms with E-state index >= 15 is 0 Å². The van der Waals surface area contributed by atoms with Gasteiger partial charge in [-0.15, -0.1) is 0 Å². The molecule has 96 valence electrons. The Morgan fingerprint density at radius 2 is 1.81 bits per heavy atom. The summed E-state index contributed by atoms with van der Waals surface area (Å²) in [6.45, 7) is 2.01. The number of carboxylic acid groups (broad SMARTS) is 1. The Kier molecular flexibility index (Phi) is 6.92. The number of carbonyl (C=O) groups is 1. The first kappa shape index (κ1) is 15.1. The van der Waals surface area contributed by atoms with Gasteiger partial charge in [-0.1, -0.05) is 32.6 Å². The van der Waals surface area contributed by atoms with Gasteiger partial charge in [-0.25, -0.2) is 4.79 Å². The van der Waals surface area contributed by atoms with E-state index in [0.29, 0.717) is 12.8 Å². The Labute approximate surface area is 92.6 Å². The van der Waals surface area contributed by atoms with Crippen molar-refractivity contribution in [1.82, 2.24) is 0 Å². The highest BCUT2D eigenvalue weighted by Crippen LogP contribution is 2.27. The van der Waals surface area contributed by atoms with E-state index in [1.165, 1.54) is 0 Å². The SMILES string of the molecule is CCCCCCCC(OC(=O)O)C(F)(F)F. The molecule has 1 N–H and O–H groups in total. The molecular formula is C10H17F3O3. The second-order valence-corrected chi connectivity index (χ2v) is 3.62. The standard InChI is InChI=1S/C10H17F3O3/c1-2-3-4-5-6-7-8(10(11,12)13)16-9(14)15/h8H,2-7H2,1H3,(H,14,15). The highest BCUT2D eigenvalue weighted by molar-refractivity contribution is 5.57. The molecule has 0 aromatic heterocycles. The number of alkyl halides is 3. The number of hydrogen-bond acceptors (Lipinski definition) is 2. The van der Waals surface area contributed by atoms with Crippen molar-refractivity contribution in [2.24, 2.45) is 0 Å². The van der Waals surface area contributed by atoms with E-state index in [0.717, 1.165) is 19.3 Å². The van der Waals surface area contributed by atoms with Crippen LogP contribution in [-0.4, -0.2) is 23.5 Å². The fourth-order valence-electron chi connectivity index (χ4n) is 1.34. The molecule has 0 aromatic rings. The third kappa shape index (κ3) is 7.36. The van der Waals surface area contributed by atoms with Crippen LogP contribution in [0.5, 0.6) is 0 Å². The average Bonchev–Trinajstić information content (AvgIpc) is 2.13. The van der Waals surface area contributed by atoms with Crippen LogP contribution in [0.3, 0.4) is 0 Å². The third-order valence-corrected chi connectivity index (χ3v) is 2.18. The topological polar surface area (TPSA) is 46.5 Å². The summed E-state index contributed by atoms with van der Waals surface area (Å²) in [5.41, 5.74) is 0. The second kappa shape index (κ2) is 7.35. The Morgan fingerprint density at radius 1 is 1.25 bits per heavy atom. The van der Waals surface area contributed by atoms with E-state index in [9.17, 15) is 18.0 Å². The number of ether oxygens (including phenoxy) is 1. The predicted molar refractivity (Wildman–Crippen MR) is 52.3 cm³/mol. The molecule has 0 bridgehead atoms. The van der Waals surface area contributed by atoms with E-state index in [1.807, 2.05) is 6.92 Å². The van der Waals surface area contributed by atoms with E-state index in [2.05, 4.69) is 4.74 Å². The fourth-order valence-corrected chi connectivity index (χ4v) is 1.34. The Balaban J connectivity index is 3.89. The summed E-state index contributed by atoms with van der Waals surface area (Å²) in [4.78, 5) is 10.1. The quantitative estimate of drug-likeness (QED) is 0.542. The van der Waals surface area contributed by atoms with Crippen LogP contribution in [0.15, 0.2) is 0 Å². The van der Waals surface area contributed by atoms with Crippen LogP contribution in [0, 0.1) is 0 Å². The number of rotatable bonds is 7. The van der Waals surface area contributed by atoms with Crippen LogP contribution < -0.4 is 0 Å². The molecular weight excluding hydrogens is 225 g/mol. The first-order valence-electron chi connectivity index (χ1n) is 5.34. The van der Waals surface area contributed by atoms with Crippen molar-refractivity contribution in [3.05, 3.63) is 0 Å². The molecule has 0 spiro atoms. The van der Waals surface area contributed by atoms with Crippen molar-refractivity contribution in [3.8, 4) is 0 Å². The first-order valence-corrected chi connectivity index (χ1v) is 5.34. The molecule has 0 aliphatic rings.